The zero-order chi connectivity index (χ0) is 16.3. The molecule has 1 aromatic heterocycles. The molecule has 1 N–H and O–H groups in total. The van der Waals surface area contributed by atoms with Gasteiger partial charge in [-0.3, -0.25) is 19.5 Å². The van der Waals surface area contributed by atoms with E-state index in [1.165, 1.54) is 36.4 Å². The Bertz CT molecular complexity index is 844. The summed E-state index contributed by atoms with van der Waals surface area (Å²) in [7, 11) is 0. The Kier molecular flexibility index (Phi) is 4.04. The van der Waals surface area contributed by atoms with E-state index in [9.17, 15) is 19.7 Å². The minimum atomic E-state index is -1.34. The zero-order valence-corrected chi connectivity index (χ0v) is 11.2. The van der Waals surface area contributed by atoms with Crippen LogP contribution in [0.15, 0.2) is 41.2 Å². The SMILES string of the molecule is C#CCn1c(-c2ccc([N+](=O)[O-])cc2)ccc(C(=O)O)c1=O. The molecule has 0 saturated carbocycles. The minimum absolute atomic E-state index is 0.0863. The predicted octanol–water partition coefficient (Wildman–Crippen LogP) is 1.75. The number of nitro benzene ring substituents is 1. The van der Waals surface area contributed by atoms with Crippen molar-refractivity contribution in [3.8, 4) is 23.6 Å². The number of terminal acetylenes is 1. The second kappa shape index (κ2) is 5.93. The van der Waals surface area contributed by atoms with Gasteiger partial charge in [-0.2, -0.15) is 0 Å². The van der Waals surface area contributed by atoms with Crippen LogP contribution in [0.25, 0.3) is 11.3 Å². The highest BCUT2D eigenvalue weighted by molar-refractivity contribution is 5.87. The standard InChI is InChI=1S/C15H10N2O5/c1-2-9-16-13(8-7-12(14(16)18)15(19)20)10-3-5-11(6-4-10)17(21)22/h1,3-8H,9H2,(H,19,20). The number of carbonyl (C=O) groups is 1. The Balaban J connectivity index is 2.62. The molecule has 0 aliphatic rings. The van der Waals surface area contributed by atoms with Crippen LogP contribution in [0.3, 0.4) is 0 Å². The smallest absolute Gasteiger partial charge is 0.341 e. The number of aromatic nitrogens is 1. The molecule has 0 amide bonds. The molecule has 0 radical (unpaired) electrons. The van der Waals surface area contributed by atoms with Gasteiger partial charge in [0.05, 0.1) is 17.2 Å². The minimum Gasteiger partial charge on any atom is -0.477 e. The van der Waals surface area contributed by atoms with Crippen LogP contribution < -0.4 is 5.56 Å². The molecule has 0 saturated heterocycles. The molecule has 0 aliphatic carbocycles. The molecule has 7 heteroatoms. The number of carboxylic acids is 1. The van der Waals surface area contributed by atoms with Crippen molar-refractivity contribution in [2.45, 2.75) is 6.54 Å². The van der Waals surface area contributed by atoms with Gasteiger partial charge in [-0.25, -0.2) is 4.79 Å². The number of pyridine rings is 1. The van der Waals surface area contributed by atoms with E-state index in [4.69, 9.17) is 11.5 Å². The van der Waals surface area contributed by atoms with Crippen molar-refractivity contribution in [2.75, 3.05) is 0 Å². The average molecular weight is 298 g/mol. The van der Waals surface area contributed by atoms with E-state index in [0.717, 1.165) is 4.57 Å². The van der Waals surface area contributed by atoms with Crippen molar-refractivity contribution in [3.63, 3.8) is 0 Å². The van der Waals surface area contributed by atoms with E-state index in [-0.39, 0.29) is 17.8 Å². The summed E-state index contributed by atoms with van der Waals surface area (Å²) < 4.78 is 1.14. The first-order chi connectivity index (χ1) is 10.5. The third-order valence-electron chi connectivity index (χ3n) is 3.03. The van der Waals surface area contributed by atoms with Crippen LogP contribution in [-0.2, 0) is 6.54 Å². The molecule has 7 nitrogen and oxygen atoms in total. The van der Waals surface area contributed by atoms with E-state index in [2.05, 4.69) is 5.92 Å². The highest BCUT2D eigenvalue weighted by Crippen LogP contribution is 2.21. The summed E-state index contributed by atoms with van der Waals surface area (Å²) in [5.74, 6) is 0.951. The molecule has 2 aromatic rings. The molecular weight excluding hydrogens is 288 g/mol. The Morgan fingerprint density at radius 3 is 2.41 bits per heavy atom. The number of benzene rings is 1. The summed E-state index contributed by atoms with van der Waals surface area (Å²) in [5.41, 5.74) is -0.281. The van der Waals surface area contributed by atoms with Gasteiger partial charge >= 0.3 is 5.97 Å². The topological polar surface area (TPSA) is 102 Å². The number of non-ortho nitro benzene ring substituents is 1. The molecule has 0 atom stereocenters. The monoisotopic (exact) mass is 298 g/mol. The molecule has 2 rings (SSSR count). The lowest BCUT2D eigenvalue weighted by molar-refractivity contribution is -0.384. The number of nitro groups is 1. The number of carboxylic acid groups (broad SMARTS) is 1. The van der Waals surface area contributed by atoms with Gasteiger partial charge in [0.25, 0.3) is 11.2 Å². The third kappa shape index (κ3) is 2.71. The Labute approximate surface area is 124 Å². The molecule has 110 valence electrons. The first kappa shape index (κ1) is 15.0. The van der Waals surface area contributed by atoms with E-state index in [1.54, 1.807) is 0 Å². The van der Waals surface area contributed by atoms with Crippen molar-refractivity contribution in [1.82, 2.24) is 4.57 Å². The Morgan fingerprint density at radius 1 is 1.27 bits per heavy atom. The first-order valence-corrected chi connectivity index (χ1v) is 6.11. The number of hydrogen-bond donors (Lipinski definition) is 1. The van der Waals surface area contributed by atoms with Gasteiger partial charge < -0.3 is 5.11 Å². The first-order valence-electron chi connectivity index (χ1n) is 6.11. The van der Waals surface area contributed by atoms with Crippen LogP contribution in [0, 0.1) is 22.5 Å². The number of aromatic carboxylic acids is 1. The molecule has 0 unspecified atom stereocenters. The lowest BCUT2D eigenvalue weighted by atomic mass is 10.1. The zero-order valence-electron chi connectivity index (χ0n) is 11.2. The highest BCUT2D eigenvalue weighted by atomic mass is 16.6. The summed E-state index contributed by atoms with van der Waals surface area (Å²) in [4.78, 5) is 33.3. The van der Waals surface area contributed by atoms with E-state index in [0.29, 0.717) is 11.3 Å². The van der Waals surface area contributed by atoms with Crippen LogP contribution in [0.1, 0.15) is 10.4 Å². The fourth-order valence-electron chi connectivity index (χ4n) is 2.00. The number of nitrogens with zero attached hydrogens (tertiary/aromatic N) is 2. The summed E-state index contributed by atoms with van der Waals surface area (Å²) in [6, 6.07) is 8.18. The van der Waals surface area contributed by atoms with Crippen LogP contribution in [0.5, 0.6) is 0 Å². The van der Waals surface area contributed by atoms with Gasteiger partial charge in [0.15, 0.2) is 0 Å². The molecule has 0 spiro atoms. The summed E-state index contributed by atoms with van der Waals surface area (Å²) in [5, 5.41) is 19.6. The molecule has 22 heavy (non-hydrogen) atoms. The largest absolute Gasteiger partial charge is 0.477 e. The average Bonchev–Trinajstić information content (AvgIpc) is 2.49. The van der Waals surface area contributed by atoms with Gasteiger partial charge in [-0.1, -0.05) is 5.92 Å². The molecule has 1 heterocycles. The van der Waals surface area contributed by atoms with Gasteiger partial charge in [0.1, 0.15) is 5.56 Å². The van der Waals surface area contributed by atoms with Gasteiger partial charge in [-0.05, 0) is 29.8 Å². The van der Waals surface area contributed by atoms with Crippen LogP contribution in [0.4, 0.5) is 5.69 Å². The molecule has 1 aromatic carbocycles. The van der Waals surface area contributed by atoms with Crippen molar-refractivity contribution < 1.29 is 14.8 Å². The van der Waals surface area contributed by atoms with Gasteiger partial charge in [0, 0.05) is 12.1 Å². The molecule has 0 aliphatic heterocycles. The van der Waals surface area contributed by atoms with Gasteiger partial charge in [-0.15, -0.1) is 6.42 Å². The highest BCUT2D eigenvalue weighted by Gasteiger charge is 2.15. The van der Waals surface area contributed by atoms with Crippen molar-refractivity contribution >= 4 is 11.7 Å². The number of hydrogen-bond acceptors (Lipinski definition) is 4. The normalized spacial score (nSPS) is 9.95. The Hall–Kier alpha value is -3.40. The second-order valence-electron chi connectivity index (χ2n) is 4.34. The predicted molar refractivity (Wildman–Crippen MR) is 78.6 cm³/mol. The number of rotatable bonds is 4. The maximum Gasteiger partial charge on any atom is 0.341 e. The molecule has 0 bridgehead atoms. The third-order valence-corrected chi connectivity index (χ3v) is 3.03. The molecular formula is C15H10N2O5. The van der Waals surface area contributed by atoms with Crippen LogP contribution in [0.2, 0.25) is 0 Å². The summed E-state index contributed by atoms with van der Waals surface area (Å²) in [6.07, 6.45) is 5.22. The maximum absolute atomic E-state index is 12.1. The lowest BCUT2D eigenvalue weighted by Crippen LogP contribution is -2.27. The summed E-state index contributed by atoms with van der Waals surface area (Å²) in [6.45, 7) is -0.105. The Morgan fingerprint density at radius 2 is 1.91 bits per heavy atom. The fraction of sp³-hybridized carbons (Fsp3) is 0.0667. The molecule has 0 fully saturated rings. The lowest BCUT2D eigenvalue weighted by Gasteiger charge is -2.11. The maximum atomic E-state index is 12.1. The van der Waals surface area contributed by atoms with Gasteiger partial charge in [0.2, 0.25) is 0 Å². The fourth-order valence-corrected chi connectivity index (χ4v) is 2.00. The van der Waals surface area contributed by atoms with Crippen LogP contribution >= 0.6 is 0 Å². The van der Waals surface area contributed by atoms with E-state index in [1.807, 2.05) is 0 Å². The van der Waals surface area contributed by atoms with E-state index >= 15 is 0 Å². The second-order valence-corrected chi connectivity index (χ2v) is 4.34. The van der Waals surface area contributed by atoms with Crippen LogP contribution in [-0.4, -0.2) is 20.6 Å². The van der Waals surface area contributed by atoms with Crippen molar-refractivity contribution in [2.24, 2.45) is 0 Å². The van der Waals surface area contributed by atoms with Crippen molar-refractivity contribution in [1.29, 1.82) is 0 Å². The van der Waals surface area contributed by atoms with Crippen molar-refractivity contribution in [3.05, 3.63) is 62.4 Å². The van der Waals surface area contributed by atoms with E-state index < -0.39 is 16.5 Å². The summed E-state index contributed by atoms with van der Waals surface area (Å²) >= 11 is 0. The quantitative estimate of drug-likeness (QED) is 0.526.